The van der Waals surface area contributed by atoms with Crippen molar-refractivity contribution >= 4 is 17.6 Å². The molecule has 110 valence electrons. The molecule has 7 nitrogen and oxygen atoms in total. The zero-order valence-electron chi connectivity index (χ0n) is 11.7. The first-order chi connectivity index (χ1) is 9.63. The van der Waals surface area contributed by atoms with Crippen LogP contribution in [0.2, 0.25) is 0 Å². The molecule has 1 fully saturated rings. The lowest BCUT2D eigenvalue weighted by Crippen LogP contribution is -2.25. The zero-order valence-corrected chi connectivity index (χ0v) is 11.7. The van der Waals surface area contributed by atoms with Crippen LogP contribution >= 0.6 is 0 Å². The summed E-state index contributed by atoms with van der Waals surface area (Å²) in [5, 5.41) is 18.6. The van der Waals surface area contributed by atoms with Crippen LogP contribution < -0.4 is 11.1 Å². The number of rotatable bonds is 3. The number of amides is 1. The Morgan fingerprint density at radius 2 is 2.10 bits per heavy atom. The van der Waals surface area contributed by atoms with Crippen LogP contribution in [0.3, 0.4) is 0 Å². The number of amidine groups is 1. The quantitative estimate of drug-likeness (QED) is 0.256. The van der Waals surface area contributed by atoms with Crippen LogP contribution in [0, 0.1) is 5.92 Å². The third-order valence-corrected chi connectivity index (χ3v) is 3.79. The van der Waals surface area contributed by atoms with E-state index in [4.69, 9.17) is 10.9 Å². The fraction of sp³-hybridized carbons (Fsp3) is 0.615. The summed E-state index contributed by atoms with van der Waals surface area (Å²) in [6.07, 6.45) is 7.89. The van der Waals surface area contributed by atoms with Gasteiger partial charge in [-0.15, -0.1) is 0 Å². The molecular formula is C13H21N5O2. The van der Waals surface area contributed by atoms with E-state index in [9.17, 15) is 4.79 Å². The van der Waals surface area contributed by atoms with Crippen molar-refractivity contribution in [2.24, 2.45) is 23.9 Å². The van der Waals surface area contributed by atoms with Gasteiger partial charge in [-0.3, -0.25) is 9.48 Å². The third-order valence-electron chi connectivity index (χ3n) is 3.79. The molecule has 0 unspecified atom stereocenters. The number of aromatic nitrogens is 2. The van der Waals surface area contributed by atoms with E-state index in [2.05, 4.69) is 15.6 Å². The van der Waals surface area contributed by atoms with Crippen molar-refractivity contribution in [3.05, 3.63) is 11.8 Å². The SMILES string of the molecule is Cn1ncc(C(N)=NO)c1NC(=O)C1CCCCCC1. The Balaban J connectivity index is 2.12. The van der Waals surface area contributed by atoms with Crippen LogP contribution in [-0.2, 0) is 11.8 Å². The lowest BCUT2D eigenvalue weighted by atomic mass is 9.99. The van der Waals surface area contributed by atoms with Gasteiger partial charge in [0.2, 0.25) is 5.91 Å². The van der Waals surface area contributed by atoms with Gasteiger partial charge in [0.05, 0.1) is 11.8 Å². The van der Waals surface area contributed by atoms with Gasteiger partial charge < -0.3 is 16.3 Å². The maximum Gasteiger partial charge on any atom is 0.228 e. The van der Waals surface area contributed by atoms with Crippen molar-refractivity contribution in [3.8, 4) is 0 Å². The molecule has 0 aliphatic heterocycles. The van der Waals surface area contributed by atoms with Crippen LogP contribution in [0.25, 0.3) is 0 Å². The predicted molar refractivity (Wildman–Crippen MR) is 75.5 cm³/mol. The number of anilines is 1. The van der Waals surface area contributed by atoms with Gasteiger partial charge in [-0.1, -0.05) is 30.8 Å². The summed E-state index contributed by atoms with van der Waals surface area (Å²) in [6.45, 7) is 0. The highest BCUT2D eigenvalue weighted by molar-refractivity contribution is 6.04. The minimum atomic E-state index is -0.0609. The van der Waals surface area contributed by atoms with Gasteiger partial charge in [0.1, 0.15) is 5.82 Å². The monoisotopic (exact) mass is 279 g/mol. The summed E-state index contributed by atoms with van der Waals surface area (Å²) in [4.78, 5) is 12.3. The summed E-state index contributed by atoms with van der Waals surface area (Å²) < 4.78 is 1.52. The van der Waals surface area contributed by atoms with Crippen molar-refractivity contribution in [3.63, 3.8) is 0 Å². The van der Waals surface area contributed by atoms with E-state index in [0.717, 1.165) is 25.7 Å². The van der Waals surface area contributed by atoms with Crippen molar-refractivity contribution in [1.29, 1.82) is 0 Å². The van der Waals surface area contributed by atoms with Crippen molar-refractivity contribution in [1.82, 2.24) is 9.78 Å². The smallest absolute Gasteiger partial charge is 0.228 e. The maximum absolute atomic E-state index is 12.3. The Morgan fingerprint density at radius 1 is 1.45 bits per heavy atom. The van der Waals surface area contributed by atoms with Crippen LogP contribution in [-0.4, -0.2) is 26.7 Å². The van der Waals surface area contributed by atoms with E-state index in [1.807, 2.05) is 0 Å². The lowest BCUT2D eigenvalue weighted by molar-refractivity contribution is -0.120. The van der Waals surface area contributed by atoms with E-state index in [0.29, 0.717) is 11.4 Å². The van der Waals surface area contributed by atoms with Crippen molar-refractivity contribution in [2.45, 2.75) is 38.5 Å². The highest BCUT2D eigenvalue weighted by Gasteiger charge is 2.23. The molecule has 4 N–H and O–H groups in total. The van der Waals surface area contributed by atoms with Gasteiger partial charge in [0.15, 0.2) is 5.84 Å². The second-order valence-electron chi connectivity index (χ2n) is 5.19. The Bertz CT molecular complexity index is 501. The molecule has 0 radical (unpaired) electrons. The number of oxime groups is 1. The molecule has 1 amide bonds. The van der Waals surface area contributed by atoms with Crippen molar-refractivity contribution < 1.29 is 10.0 Å². The summed E-state index contributed by atoms with van der Waals surface area (Å²) in [7, 11) is 1.71. The normalized spacial score (nSPS) is 17.8. The number of carbonyl (C=O) groups is 1. The molecular weight excluding hydrogens is 258 g/mol. The molecule has 7 heteroatoms. The molecule has 0 spiro atoms. The number of nitrogens with zero attached hydrogens (tertiary/aromatic N) is 3. The van der Waals surface area contributed by atoms with E-state index < -0.39 is 0 Å². The molecule has 0 atom stereocenters. The maximum atomic E-state index is 12.3. The van der Waals surface area contributed by atoms with Gasteiger partial charge in [-0.25, -0.2) is 0 Å². The Labute approximate surface area is 117 Å². The molecule has 1 saturated carbocycles. The summed E-state index contributed by atoms with van der Waals surface area (Å²) in [5.41, 5.74) is 6.01. The van der Waals surface area contributed by atoms with Crippen LogP contribution in [0.4, 0.5) is 5.82 Å². The molecule has 0 bridgehead atoms. The number of nitrogens with one attached hydrogen (secondary N) is 1. The molecule has 2 rings (SSSR count). The van der Waals surface area contributed by atoms with Crippen LogP contribution in [0.15, 0.2) is 11.4 Å². The molecule has 1 aromatic heterocycles. The number of aryl methyl sites for hydroxylation is 1. The molecule has 1 aliphatic rings. The largest absolute Gasteiger partial charge is 0.409 e. The van der Waals surface area contributed by atoms with Gasteiger partial charge in [-0.05, 0) is 12.8 Å². The fourth-order valence-corrected chi connectivity index (χ4v) is 2.59. The number of nitrogens with two attached hydrogens (primary N) is 1. The lowest BCUT2D eigenvalue weighted by Gasteiger charge is -2.15. The molecule has 0 saturated heterocycles. The van der Waals surface area contributed by atoms with E-state index in [1.54, 1.807) is 7.05 Å². The van der Waals surface area contributed by atoms with Crippen LogP contribution in [0.1, 0.15) is 44.1 Å². The molecule has 1 heterocycles. The second kappa shape index (κ2) is 6.40. The van der Waals surface area contributed by atoms with Gasteiger partial charge in [0.25, 0.3) is 0 Å². The summed E-state index contributed by atoms with van der Waals surface area (Å²) in [6, 6.07) is 0. The zero-order chi connectivity index (χ0) is 14.5. The standard InChI is InChI=1S/C13H21N5O2/c1-18-12(10(8-15-18)11(14)17-20)16-13(19)9-6-4-2-3-5-7-9/h8-9,20H,2-7H2,1H3,(H2,14,17)(H,16,19). The van der Waals surface area contributed by atoms with E-state index in [1.165, 1.54) is 23.7 Å². The first-order valence-electron chi connectivity index (χ1n) is 6.94. The fourth-order valence-electron chi connectivity index (χ4n) is 2.59. The van der Waals surface area contributed by atoms with Gasteiger partial charge in [0, 0.05) is 13.0 Å². The second-order valence-corrected chi connectivity index (χ2v) is 5.19. The molecule has 1 aliphatic carbocycles. The number of hydrogen-bond donors (Lipinski definition) is 3. The minimum Gasteiger partial charge on any atom is -0.409 e. The average molecular weight is 279 g/mol. The van der Waals surface area contributed by atoms with E-state index in [-0.39, 0.29) is 17.7 Å². The average Bonchev–Trinajstić information content (AvgIpc) is 2.69. The predicted octanol–water partition coefficient (Wildman–Crippen LogP) is 1.42. The Morgan fingerprint density at radius 3 is 2.70 bits per heavy atom. The number of hydrogen-bond acceptors (Lipinski definition) is 4. The van der Waals surface area contributed by atoms with E-state index >= 15 is 0 Å². The summed E-state index contributed by atoms with van der Waals surface area (Å²) in [5.74, 6) is 0.429. The highest BCUT2D eigenvalue weighted by atomic mass is 16.4. The topological polar surface area (TPSA) is 106 Å². The molecule has 1 aromatic rings. The van der Waals surface area contributed by atoms with Crippen molar-refractivity contribution in [2.75, 3.05) is 5.32 Å². The number of carbonyl (C=O) groups excluding carboxylic acids is 1. The van der Waals surface area contributed by atoms with Gasteiger partial charge in [-0.2, -0.15) is 5.10 Å². The van der Waals surface area contributed by atoms with Gasteiger partial charge >= 0.3 is 0 Å². The molecule has 20 heavy (non-hydrogen) atoms. The highest BCUT2D eigenvalue weighted by Crippen LogP contribution is 2.24. The minimum absolute atomic E-state index is 0.0116. The Kier molecular flexibility index (Phi) is 4.60. The first-order valence-corrected chi connectivity index (χ1v) is 6.94. The van der Waals surface area contributed by atoms with Crippen LogP contribution in [0.5, 0.6) is 0 Å². The molecule has 0 aromatic carbocycles. The first kappa shape index (κ1) is 14.4. The summed E-state index contributed by atoms with van der Waals surface area (Å²) >= 11 is 0. The third kappa shape index (κ3) is 3.09. The Hall–Kier alpha value is -2.05.